The lowest BCUT2D eigenvalue weighted by Gasteiger charge is -2.09. The summed E-state index contributed by atoms with van der Waals surface area (Å²) in [5.74, 6) is 1.61. The Hall–Kier alpha value is -2.00. The second-order valence-electron chi connectivity index (χ2n) is 4.41. The van der Waals surface area contributed by atoms with Crippen LogP contribution in [-0.2, 0) is 0 Å². The molecule has 0 aliphatic rings. The molecule has 0 heterocycles. The van der Waals surface area contributed by atoms with Crippen LogP contribution in [-0.4, -0.2) is 24.9 Å². The molecule has 1 atom stereocenters. The van der Waals surface area contributed by atoms with Crippen LogP contribution in [0.3, 0.4) is 0 Å². The largest absolute Gasteiger partial charge is 0.497 e. The van der Waals surface area contributed by atoms with Gasteiger partial charge >= 0.3 is 0 Å². The standard InChI is InChI=1S/C16H18O3/c1-12(17)11-19-16-9-5-14(6-10-16)13-3-7-15(18-2)8-4-13/h3-10,12,17H,11H2,1-2H3. The highest BCUT2D eigenvalue weighted by atomic mass is 16.5. The number of hydrogen-bond donors (Lipinski definition) is 1. The van der Waals surface area contributed by atoms with Crippen LogP contribution in [0.5, 0.6) is 11.5 Å². The Kier molecular flexibility index (Phi) is 4.42. The third-order valence-corrected chi connectivity index (χ3v) is 2.77. The van der Waals surface area contributed by atoms with Crippen molar-refractivity contribution in [2.24, 2.45) is 0 Å². The Balaban J connectivity index is 2.08. The molecule has 2 rings (SSSR count). The first kappa shape index (κ1) is 13.4. The molecule has 0 aliphatic heterocycles. The van der Waals surface area contributed by atoms with E-state index in [0.29, 0.717) is 6.61 Å². The van der Waals surface area contributed by atoms with Crippen LogP contribution in [0, 0.1) is 0 Å². The lowest BCUT2D eigenvalue weighted by molar-refractivity contribution is 0.123. The predicted molar refractivity (Wildman–Crippen MR) is 75.6 cm³/mol. The zero-order valence-electron chi connectivity index (χ0n) is 11.2. The molecule has 1 unspecified atom stereocenters. The van der Waals surface area contributed by atoms with E-state index in [9.17, 15) is 0 Å². The van der Waals surface area contributed by atoms with Crippen LogP contribution in [0.4, 0.5) is 0 Å². The van der Waals surface area contributed by atoms with Crippen LogP contribution in [0.15, 0.2) is 48.5 Å². The molecule has 19 heavy (non-hydrogen) atoms. The summed E-state index contributed by atoms with van der Waals surface area (Å²) in [5.41, 5.74) is 2.25. The summed E-state index contributed by atoms with van der Waals surface area (Å²) in [6, 6.07) is 15.7. The minimum Gasteiger partial charge on any atom is -0.497 e. The number of aliphatic hydroxyl groups is 1. The predicted octanol–water partition coefficient (Wildman–Crippen LogP) is 3.12. The Morgan fingerprint density at radius 3 is 1.79 bits per heavy atom. The highest BCUT2D eigenvalue weighted by molar-refractivity contribution is 5.64. The minimum atomic E-state index is -0.457. The van der Waals surface area contributed by atoms with Gasteiger partial charge in [0.05, 0.1) is 13.2 Å². The van der Waals surface area contributed by atoms with E-state index in [-0.39, 0.29) is 0 Å². The summed E-state index contributed by atoms with van der Waals surface area (Å²) in [4.78, 5) is 0. The molecule has 0 amide bonds. The van der Waals surface area contributed by atoms with Crippen molar-refractivity contribution in [2.75, 3.05) is 13.7 Å². The van der Waals surface area contributed by atoms with Gasteiger partial charge in [0, 0.05) is 0 Å². The Morgan fingerprint density at radius 1 is 0.895 bits per heavy atom. The van der Waals surface area contributed by atoms with E-state index < -0.39 is 6.10 Å². The van der Waals surface area contributed by atoms with Crippen molar-refractivity contribution in [3.63, 3.8) is 0 Å². The van der Waals surface area contributed by atoms with Gasteiger partial charge in [0.25, 0.3) is 0 Å². The van der Waals surface area contributed by atoms with Crippen LogP contribution < -0.4 is 9.47 Å². The highest BCUT2D eigenvalue weighted by Crippen LogP contribution is 2.24. The summed E-state index contributed by atoms with van der Waals surface area (Å²) in [6.07, 6.45) is -0.457. The SMILES string of the molecule is COc1ccc(-c2ccc(OCC(C)O)cc2)cc1. The molecule has 0 saturated carbocycles. The van der Waals surface area contributed by atoms with Crippen LogP contribution >= 0.6 is 0 Å². The van der Waals surface area contributed by atoms with Gasteiger partial charge in [0.1, 0.15) is 18.1 Å². The second kappa shape index (κ2) is 6.25. The van der Waals surface area contributed by atoms with Crippen molar-refractivity contribution in [2.45, 2.75) is 13.0 Å². The fourth-order valence-corrected chi connectivity index (χ4v) is 1.74. The fraction of sp³-hybridized carbons (Fsp3) is 0.250. The molecule has 0 spiro atoms. The monoisotopic (exact) mass is 258 g/mol. The first-order chi connectivity index (χ1) is 9.19. The van der Waals surface area contributed by atoms with Crippen LogP contribution in [0.1, 0.15) is 6.92 Å². The average molecular weight is 258 g/mol. The summed E-state index contributed by atoms with van der Waals surface area (Å²) in [6.45, 7) is 2.01. The molecule has 3 nitrogen and oxygen atoms in total. The quantitative estimate of drug-likeness (QED) is 0.895. The van der Waals surface area contributed by atoms with Crippen molar-refractivity contribution in [3.05, 3.63) is 48.5 Å². The van der Waals surface area contributed by atoms with Crippen molar-refractivity contribution >= 4 is 0 Å². The van der Waals surface area contributed by atoms with Gasteiger partial charge in [0.15, 0.2) is 0 Å². The van der Waals surface area contributed by atoms with Gasteiger partial charge in [-0.05, 0) is 42.3 Å². The van der Waals surface area contributed by atoms with Gasteiger partial charge in [-0.1, -0.05) is 24.3 Å². The van der Waals surface area contributed by atoms with E-state index in [2.05, 4.69) is 0 Å². The van der Waals surface area contributed by atoms with E-state index in [1.54, 1.807) is 14.0 Å². The maximum atomic E-state index is 9.16. The summed E-state index contributed by atoms with van der Waals surface area (Å²) >= 11 is 0. The number of hydrogen-bond acceptors (Lipinski definition) is 3. The summed E-state index contributed by atoms with van der Waals surface area (Å²) in [5, 5.41) is 9.16. The molecule has 2 aromatic carbocycles. The maximum Gasteiger partial charge on any atom is 0.119 e. The zero-order valence-corrected chi connectivity index (χ0v) is 11.2. The molecule has 2 aromatic rings. The molecule has 0 fully saturated rings. The van der Waals surface area contributed by atoms with Crippen LogP contribution in [0.2, 0.25) is 0 Å². The Bertz CT molecular complexity index is 501. The first-order valence-electron chi connectivity index (χ1n) is 6.24. The van der Waals surface area contributed by atoms with Crippen LogP contribution in [0.25, 0.3) is 11.1 Å². The van der Waals surface area contributed by atoms with E-state index in [0.717, 1.165) is 22.6 Å². The third kappa shape index (κ3) is 3.73. The molecule has 3 heteroatoms. The van der Waals surface area contributed by atoms with E-state index in [1.807, 2.05) is 48.5 Å². The fourth-order valence-electron chi connectivity index (χ4n) is 1.74. The second-order valence-corrected chi connectivity index (χ2v) is 4.41. The number of ether oxygens (including phenoxy) is 2. The molecule has 0 saturated heterocycles. The Labute approximate surface area is 113 Å². The van der Waals surface area contributed by atoms with Gasteiger partial charge in [0.2, 0.25) is 0 Å². The Morgan fingerprint density at radius 2 is 1.37 bits per heavy atom. The van der Waals surface area contributed by atoms with E-state index in [4.69, 9.17) is 14.6 Å². The summed E-state index contributed by atoms with van der Waals surface area (Å²) in [7, 11) is 1.66. The van der Waals surface area contributed by atoms with Crippen molar-refractivity contribution in [1.29, 1.82) is 0 Å². The molecule has 0 radical (unpaired) electrons. The van der Waals surface area contributed by atoms with Gasteiger partial charge in [-0.15, -0.1) is 0 Å². The molecule has 0 bridgehead atoms. The van der Waals surface area contributed by atoms with Crippen molar-refractivity contribution < 1.29 is 14.6 Å². The lowest BCUT2D eigenvalue weighted by Crippen LogP contribution is -2.12. The molecule has 0 aromatic heterocycles. The summed E-state index contributed by atoms with van der Waals surface area (Å²) < 4.78 is 10.6. The molecule has 100 valence electrons. The molecular weight excluding hydrogens is 240 g/mol. The van der Waals surface area contributed by atoms with Crippen molar-refractivity contribution in [1.82, 2.24) is 0 Å². The number of methoxy groups -OCH3 is 1. The zero-order chi connectivity index (χ0) is 13.7. The smallest absolute Gasteiger partial charge is 0.119 e. The third-order valence-electron chi connectivity index (χ3n) is 2.77. The van der Waals surface area contributed by atoms with Gasteiger partial charge in [-0.25, -0.2) is 0 Å². The molecule has 1 N–H and O–H groups in total. The molecular formula is C16H18O3. The van der Waals surface area contributed by atoms with Crippen molar-refractivity contribution in [3.8, 4) is 22.6 Å². The normalized spacial score (nSPS) is 11.9. The average Bonchev–Trinajstić information content (AvgIpc) is 2.46. The minimum absolute atomic E-state index is 0.307. The number of benzene rings is 2. The van der Waals surface area contributed by atoms with Gasteiger partial charge < -0.3 is 14.6 Å². The van der Waals surface area contributed by atoms with Gasteiger partial charge in [-0.2, -0.15) is 0 Å². The highest BCUT2D eigenvalue weighted by Gasteiger charge is 2.01. The first-order valence-corrected chi connectivity index (χ1v) is 6.24. The van der Waals surface area contributed by atoms with E-state index in [1.165, 1.54) is 0 Å². The maximum absolute atomic E-state index is 9.16. The number of aliphatic hydroxyl groups excluding tert-OH is 1. The topological polar surface area (TPSA) is 38.7 Å². The van der Waals surface area contributed by atoms with E-state index >= 15 is 0 Å². The lowest BCUT2D eigenvalue weighted by atomic mass is 10.1. The number of rotatable bonds is 5. The van der Waals surface area contributed by atoms with Gasteiger partial charge in [-0.3, -0.25) is 0 Å². The molecule has 0 aliphatic carbocycles.